The number of nitrogens with one attached hydrogen (secondary N) is 1. The minimum Gasteiger partial charge on any atom is -0.360 e. The third-order valence-electron chi connectivity index (χ3n) is 5.12. The van der Waals surface area contributed by atoms with E-state index in [0.29, 0.717) is 17.5 Å². The molecule has 5 atom stereocenters. The summed E-state index contributed by atoms with van der Waals surface area (Å²) in [6.07, 6.45) is 2.98. The van der Waals surface area contributed by atoms with Crippen molar-refractivity contribution in [2.75, 3.05) is 32.0 Å². The second-order valence-electron chi connectivity index (χ2n) is 6.47. The fourth-order valence-electron chi connectivity index (χ4n) is 3.95. The van der Waals surface area contributed by atoms with Gasteiger partial charge < -0.3 is 10.1 Å². The average molecular weight is 299 g/mol. The van der Waals surface area contributed by atoms with Crippen molar-refractivity contribution in [3.63, 3.8) is 0 Å². The highest BCUT2D eigenvalue weighted by molar-refractivity contribution is 7.99. The van der Waals surface area contributed by atoms with Crippen molar-refractivity contribution < 1.29 is 4.74 Å². The van der Waals surface area contributed by atoms with Gasteiger partial charge in [-0.2, -0.15) is 0 Å². The van der Waals surface area contributed by atoms with Crippen molar-refractivity contribution in [1.29, 1.82) is 0 Å². The predicted molar refractivity (Wildman–Crippen MR) is 85.0 cm³/mol. The molecule has 3 aliphatic heterocycles. The van der Waals surface area contributed by atoms with Crippen molar-refractivity contribution >= 4 is 11.8 Å². The molecule has 0 aromatic rings. The van der Waals surface area contributed by atoms with Crippen molar-refractivity contribution in [2.45, 2.75) is 63.3 Å². The minimum absolute atomic E-state index is 0.250. The lowest BCUT2D eigenvalue weighted by Crippen LogP contribution is -2.63. The third kappa shape index (κ3) is 2.88. The Hall–Kier alpha value is 0.190. The molecule has 4 nitrogen and oxygen atoms in total. The van der Waals surface area contributed by atoms with Crippen LogP contribution in [0.25, 0.3) is 0 Å². The van der Waals surface area contributed by atoms with Crippen LogP contribution < -0.4 is 5.32 Å². The van der Waals surface area contributed by atoms with Crippen LogP contribution in [-0.2, 0) is 4.74 Å². The van der Waals surface area contributed by atoms with Gasteiger partial charge in [-0.3, -0.25) is 9.80 Å². The molecule has 0 aromatic carbocycles. The summed E-state index contributed by atoms with van der Waals surface area (Å²) in [7, 11) is 0. The van der Waals surface area contributed by atoms with Crippen molar-refractivity contribution in [3.8, 4) is 0 Å². The number of ether oxygens (including phenoxy) is 1. The minimum atomic E-state index is 0.250. The molecular weight excluding hydrogens is 270 g/mol. The highest BCUT2D eigenvalue weighted by Crippen LogP contribution is 2.34. The highest BCUT2D eigenvalue weighted by Gasteiger charge is 2.41. The predicted octanol–water partition coefficient (Wildman–Crippen LogP) is 1.57. The number of thioether (sulfide) groups is 1. The first-order valence-corrected chi connectivity index (χ1v) is 9.21. The second-order valence-corrected chi connectivity index (χ2v) is 7.70. The maximum atomic E-state index is 6.07. The van der Waals surface area contributed by atoms with Crippen LogP contribution in [-0.4, -0.2) is 71.5 Å². The van der Waals surface area contributed by atoms with Crippen molar-refractivity contribution in [2.24, 2.45) is 0 Å². The molecule has 0 aliphatic carbocycles. The van der Waals surface area contributed by atoms with Gasteiger partial charge in [0, 0.05) is 37.0 Å². The molecular formula is C15H29N3OS. The largest absolute Gasteiger partial charge is 0.360 e. The van der Waals surface area contributed by atoms with Gasteiger partial charge in [0.15, 0.2) is 0 Å². The molecule has 0 aromatic heterocycles. The van der Waals surface area contributed by atoms with Crippen LogP contribution in [0.15, 0.2) is 0 Å². The van der Waals surface area contributed by atoms with E-state index in [1.165, 1.54) is 25.1 Å². The number of hydrogen-bond acceptors (Lipinski definition) is 5. The molecule has 0 spiro atoms. The van der Waals surface area contributed by atoms with E-state index in [0.717, 1.165) is 25.7 Å². The van der Waals surface area contributed by atoms with Gasteiger partial charge in [-0.05, 0) is 40.2 Å². The van der Waals surface area contributed by atoms with Crippen LogP contribution in [0.1, 0.15) is 33.6 Å². The fourth-order valence-corrected chi connectivity index (χ4v) is 5.44. The monoisotopic (exact) mass is 299 g/mol. The Bertz CT molecular complexity index is 330. The zero-order valence-electron chi connectivity index (χ0n) is 13.0. The van der Waals surface area contributed by atoms with Gasteiger partial charge in [-0.25, -0.2) is 0 Å². The first-order valence-electron chi connectivity index (χ1n) is 8.16. The lowest BCUT2D eigenvalue weighted by molar-refractivity contribution is -0.116. The lowest BCUT2D eigenvalue weighted by Gasteiger charge is -2.49. The van der Waals surface area contributed by atoms with E-state index >= 15 is 0 Å². The normalized spacial score (nSPS) is 44.9. The van der Waals surface area contributed by atoms with Gasteiger partial charge in [0.1, 0.15) is 6.23 Å². The molecule has 3 heterocycles. The zero-order chi connectivity index (χ0) is 14.1. The van der Waals surface area contributed by atoms with Gasteiger partial charge in [0.05, 0.1) is 12.0 Å². The lowest BCUT2D eigenvalue weighted by atomic mass is 10.1. The smallest absolute Gasteiger partial charge is 0.126 e. The molecule has 3 rings (SSSR count). The molecule has 5 heteroatoms. The Labute approximate surface area is 127 Å². The highest BCUT2D eigenvalue weighted by atomic mass is 32.2. The zero-order valence-corrected chi connectivity index (χ0v) is 13.9. The summed E-state index contributed by atoms with van der Waals surface area (Å²) in [5.41, 5.74) is 0. The number of likely N-dealkylation sites (tertiary alicyclic amines) is 1. The second kappa shape index (κ2) is 6.53. The maximum Gasteiger partial charge on any atom is 0.126 e. The van der Waals surface area contributed by atoms with Crippen LogP contribution in [0.3, 0.4) is 0 Å². The molecule has 116 valence electrons. The van der Waals surface area contributed by atoms with E-state index in [-0.39, 0.29) is 6.23 Å². The molecule has 2 unspecified atom stereocenters. The Kier molecular flexibility index (Phi) is 4.93. The Morgan fingerprint density at radius 1 is 1.15 bits per heavy atom. The molecule has 3 aliphatic rings. The summed E-state index contributed by atoms with van der Waals surface area (Å²) >= 11 is 2.15. The van der Waals surface area contributed by atoms with E-state index in [4.69, 9.17) is 4.74 Å². The number of nitrogens with zero attached hydrogens (tertiary/aromatic N) is 2. The Balaban J connectivity index is 1.69. The van der Waals surface area contributed by atoms with Crippen LogP contribution in [0, 0.1) is 0 Å². The third-order valence-corrected chi connectivity index (χ3v) is 6.54. The number of hydrogen-bond donors (Lipinski definition) is 1. The van der Waals surface area contributed by atoms with Crippen LogP contribution in [0.2, 0.25) is 0 Å². The summed E-state index contributed by atoms with van der Waals surface area (Å²) in [6.45, 7) is 11.3. The van der Waals surface area contributed by atoms with Crippen LogP contribution in [0.4, 0.5) is 0 Å². The van der Waals surface area contributed by atoms with Crippen LogP contribution >= 0.6 is 11.8 Å². The van der Waals surface area contributed by atoms with Gasteiger partial charge >= 0.3 is 0 Å². The van der Waals surface area contributed by atoms with Gasteiger partial charge in [0.25, 0.3) is 0 Å². The fraction of sp³-hybridized carbons (Fsp3) is 1.00. The van der Waals surface area contributed by atoms with E-state index in [2.05, 4.69) is 47.6 Å². The van der Waals surface area contributed by atoms with Crippen molar-refractivity contribution in [3.05, 3.63) is 0 Å². The standard InChI is InChI=1S/C15H29N3OS/c1-11-5-4-7-17(11)15-13(3)18(8-10-20-15)14-12(2)16-6-9-19-14/h11-16H,4-10H2,1-3H3/t11-,12-,13-,14?,15?/m0/s1. The quantitative estimate of drug-likeness (QED) is 0.835. The summed E-state index contributed by atoms with van der Waals surface area (Å²) in [5.74, 6) is 1.23. The van der Waals surface area contributed by atoms with E-state index in [1.807, 2.05) is 0 Å². The molecule has 0 saturated carbocycles. The van der Waals surface area contributed by atoms with E-state index in [9.17, 15) is 0 Å². The topological polar surface area (TPSA) is 27.7 Å². The number of rotatable bonds is 2. The summed E-state index contributed by atoms with van der Waals surface area (Å²) < 4.78 is 6.07. The van der Waals surface area contributed by atoms with Gasteiger partial charge in [0.2, 0.25) is 0 Å². The SMILES string of the molecule is C[C@@H]1NCCOC1N1CCSC(N2CCC[C@@H]2C)[C@@H]1C. The molecule has 3 fully saturated rings. The van der Waals surface area contributed by atoms with Gasteiger partial charge in [-0.15, -0.1) is 11.8 Å². The molecule has 3 saturated heterocycles. The van der Waals surface area contributed by atoms with Gasteiger partial charge in [-0.1, -0.05) is 0 Å². The Morgan fingerprint density at radius 3 is 2.70 bits per heavy atom. The van der Waals surface area contributed by atoms with E-state index in [1.54, 1.807) is 0 Å². The van der Waals surface area contributed by atoms with Crippen LogP contribution in [0.5, 0.6) is 0 Å². The molecule has 0 amide bonds. The first-order chi connectivity index (χ1) is 9.68. The molecule has 0 bridgehead atoms. The Morgan fingerprint density at radius 2 is 2.00 bits per heavy atom. The molecule has 1 N–H and O–H groups in total. The summed E-state index contributed by atoms with van der Waals surface area (Å²) in [6, 6.07) is 1.75. The first kappa shape index (κ1) is 15.1. The molecule has 20 heavy (non-hydrogen) atoms. The summed E-state index contributed by atoms with van der Waals surface area (Å²) in [4.78, 5) is 5.32. The summed E-state index contributed by atoms with van der Waals surface area (Å²) in [5, 5.41) is 4.19. The maximum absolute atomic E-state index is 6.07. The van der Waals surface area contributed by atoms with Crippen molar-refractivity contribution in [1.82, 2.24) is 15.1 Å². The number of morpholine rings is 1. The average Bonchev–Trinajstić information content (AvgIpc) is 2.86. The molecule has 0 radical (unpaired) electrons. The van der Waals surface area contributed by atoms with E-state index < -0.39 is 0 Å².